The van der Waals surface area contributed by atoms with Crippen LogP contribution in [0.2, 0.25) is 0 Å². The van der Waals surface area contributed by atoms with E-state index in [4.69, 9.17) is 10.5 Å². The summed E-state index contributed by atoms with van der Waals surface area (Å²) in [5.74, 6) is 0.875. The molecule has 0 fully saturated rings. The summed E-state index contributed by atoms with van der Waals surface area (Å²) in [5.41, 5.74) is 9.92. The number of aryl methyl sites for hydroxylation is 1. The Morgan fingerprint density at radius 3 is 2.35 bits per heavy atom. The van der Waals surface area contributed by atoms with Gasteiger partial charge in [0.25, 0.3) is 0 Å². The topological polar surface area (TPSA) is 35.2 Å². The fraction of sp³-hybridized carbons (Fsp3) is 0.333. The Kier molecular flexibility index (Phi) is 5.19. The van der Waals surface area contributed by atoms with Gasteiger partial charge in [-0.15, -0.1) is 0 Å². The van der Waals surface area contributed by atoms with E-state index >= 15 is 0 Å². The van der Waals surface area contributed by atoms with Crippen molar-refractivity contribution in [3.63, 3.8) is 0 Å². The molecule has 1 atom stereocenters. The van der Waals surface area contributed by atoms with E-state index < -0.39 is 0 Å². The average molecular weight is 269 g/mol. The fourth-order valence-corrected chi connectivity index (χ4v) is 2.38. The summed E-state index contributed by atoms with van der Waals surface area (Å²) in [6.45, 7) is 4.83. The van der Waals surface area contributed by atoms with Crippen molar-refractivity contribution in [2.24, 2.45) is 5.73 Å². The molecule has 2 nitrogen and oxygen atoms in total. The molecule has 0 saturated heterocycles. The molecule has 0 aliphatic rings. The summed E-state index contributed by atoms with van der Waals surface area (Å²) in [6.07, 6.45) is 2.28. The molecule has 0 aromatic heterocycles. The Labute approximate surface area is 121 Å². The highest BCUT2D eigenvalue weighted by Crippen LogP contribution is 2.28. The molecule has 2 heteroatoms. The highest BCUT2D eigenvalue weighted by molar-refractivity contribution is 5.41. The minimum absolute atomic E-state index is 0.145. The van der Waals surface area contributed by atoms with Crippen LogP contribution in [0, 0.1) is 0 Å². The number of nitrogens with two attached hydrogens (primary N) is 1. The lowest BCUT2D eigenvalue weighted by Gasteiger charge is -2.17. The van der Waals surface area contributed by atoms with Crippen LogP contribution in [0.5, 0.6) is 5.75 Å². The second-order valence-corrected chi connectivity index (χ2v) is 4.94. The summed E-state index contributed by atoms with van der Waals surface area (Å²) in [7, 11) is 0. The normalized spacial score (nSPS) is 12.2. The first-order valence-electron chi connectivity index (χ1n) is 7.32. The summed E-state index contributed by atoms with van der Waals surface area (Å²) >= 11 is 0. The lowest BCUT2D eigenvalue weighted by Crippen LogP contribution is -2.13. The minimum Gasteiger partial charge on any atom is -0.494 e. The van der Waals surface area contributed by atoms with E-state index in [9.17, 15) is 0 Å². The van der Waals surface area contributed by atoms with Gasteiger partial charge in [0.2, 0.25) is 0 Å². The van der Waals surface area contributed by atoms with Crippen LogP contribution < -0.4 is 10.5 Å². The number of ether oxygens (including phenoxy) is 1. The molecular weight excluding hydrogens is 246 g/mol. The Balaban J connectivity index is 2.24. The van der Waals surface area contributed by atoms with Crippen LogP contribution in [0.1, 0.15) is 43.0 Å². The van der Waals surface area contributed by atoms with Crippen LogP contribution in [0.25, 0.3) is 0 Å². The first-order valence-corrected chi connectivity index (χ1v) is 7.32. The third kappa shape index (κ3) is 3.40. The zero-order valence-electron chi connectivity index (χ0n) is 12.3. The van der Waals surface area contributed by atoms with Gasteiger partial charge >= 0.3 is 0 Å². The van der Waals surface area contributed by atoms with E-state index in [0.717, 1.165) is 23.3 Å². The molecule has 0 radical (unpaired) electrons. The van der Waals surface area contributed by atoms with Gasteiger partial charge in [-0.3, -0.25) is 0 Å². The lowest BCUT2D eigenvalue weighted by atomic mass is 9.97. The van der Waals surface area contributed by atoms with Crippen LogP contribution in [0.15, 0.2) is 48.5 Å². The maximum atomic E-state index is 6.39. The predicted octanol–water partition coefficient (Wildman–Crippen LogP) is 4.09. The van der Waals surface area contributed by atoms with Crippen LogP contribution in [0.4, 0.5) is 0 Å². The second kappa shape index (κ2) is 7.11. The molecule has 0 heterocycles. The van der Waals surface area contributed by atoms with Crippen molar-refractivity contribution in [1.82, 2.24) is 0 Å². The maximum absolute atomic E-state index is 6.39. The predicted molar refractivity (Wildman–Crippen MR) is 84.1 cm³/mol. The van der Waals surface area contributed by atoms with E-state index in [1.165, 1.54) is 12.0 Å². The molecule has 2 aromatic rings. The molecule has 2 N–H and O–H groups in total. The van der Waals surface area contributed by atoms with Crippen LogP contribution >= 0.6 is 0 Å². The van der Waals surface area contributed by atoms with E-state index in [0.29, 0.717) is 6.61 Å². The molecule has 20 heavy (non-hydrogen) atoms. The SMILES string of the molecule is CCCc1ccc(C(N)c2ccccc2OCC)cc1. The fourth-order valence-electron chi connectivity index (χ4n) is 2.38. The molecule has 0 aliphatic heterocycles. The Morgan fingerprint density at radius 2 is 1.70 bits per heavy atom. The van der Waals surface area contributed by atoms with Gasteiger partial charge in [0, 0.05) is 5.56 Å². The van der Waals surface area contributed by atoms with Gasteiger partial charge < -0.3 is 10.5 Å². The molecular formula is C18H23NO. The number of hydrogen-bond acceptors (Lipinski definition) is 2. The molecule has 0 amide bonds. The first kappa shape index (κ1) is 14.6. The zero-order valence-corrected chi connectivity index (χ0v) is 12.3. The first-order chi connectivity index (χ1) is 9.76. The van der Waals surface area contributed by atoms with Crippen molar-refractivity contribution in [1.29, 1.82) is 0 Å². The Bertz CT molecular complexity index is 533. The van der Waals surface area contributed by atoms with Gasteiger partial charge in [-0.2, -0.15) is 0 Å². The van der Waals surface area contributed by atoms with Crippen LogP contribution in [0.3, 0.4) is 0 Å². The molecule has 0 spiro atoms. The van der Waals surface area contributed by atoms with Crippen molar-refractivity contribution in [3.05, 3.63) is 65.2 Å². The zero-order chi connectivity index (χ0) is 14.4. The van der Waals surface area contributed by atoms with Crippen molar-refractivity contribution in [2.75, 3.05) is 6.61 Å². The maximum Gasteiger partial charge on any atom is 0.124 e. The van der Waals surface area contributed by atoms with E-state index in [-0.39, 0.29) is 6.04 Å². The molecule has 0 saturated carbocycles. The number of hydrogen-bond donors (Lipinski definition) is 1. The molecule has 106 valence electrons. The van der Waals surface area contributed by atoms with Crippen LogP contribution in [-0.2, 0) is 6.42 Å². The smallest absolute Gasteiger partial charge is 0.124 e. The van der Waals surface area contributed by atoms with E-state index in [2.05, 4.69) is 31.2 Å². The van der Waals surface area contributed by atoms with Crippen molar-refractivity contribution < 1.29 is 4.74 Å². The van der Waals surface area contributed by atoms with Gasteiger partial charge in [0.1, 0.15) is 5.75 Å². The minimum atomic E-state index is -0.145. The molecule has 0 aliphatic carbocycles. The van der Waals surface area contributed by atoms with Gasteiger partial charge in [-0.05, 0) is 30.5 Å². The highest BCUT2D eigenvalue weighted by Gasteiger charge is 2.13. The third-order valence-corrected chi connectivity index (χ3v) is 3.43. The molecule has 2 aromatic carbocycles. The lowest BCUT2D eigenvalue weighted by molar-refractivity contribution is 0.335. The molecule has 0 bridgehead atoms. The van der Waals surface area contributed by atoms with Crippen molar-refractivity contribution >= 4 is 0 Å². The molecule has 1 unspecified atom stereocenters. The van der Waals surface area contributed by atoms with Gasteiger partial charge in [-0.25, -0.2) is 0 Å². The summed E-state index contributed by atoms with van der Waals surface area (Å²) < 4.78 is 5.66. The standard InChI is InChI=1S/C18H23NO/c1-3-7-14-10-12-15(13-11-14)18(19)16-8-5-6-9-17(16)20-4-2/h5-6,8-13,18H,3-4,7,19H2,1-2H3. The largest absolute Gasteiger partial charge is 0.494 e. The van der Waals surface area contributed by atoms with E-state index in [1.807, 2.05) is 31.2 Å². The number of rotatable bonds is 6. The van der Waals surface area contributed by atoms with Crippen LogP contribution in [-0.4, -0.2) is 6.61 Å². The summed E-state index contributed by atoms with van der Waals surface area (Å²) in [5, 5.41) is 0. The second-order valence-electron chi connectivity index (χ2n) is 4.94. The third-order valence-electron chi connectivity index (χ3n) is 3.43. The monoisotopic (exact) mass is 269 g/mol. The van der Waals surface area contributed by atoms with Crippen molar-refractivity contribution in [3.8, 4) is 5.75 Å². The molecule has 2 rings (SSSR count). The average Bonchev–Trinajstić information content (AvgIpc) is 2.49. The van der Waals surface area contributed by atoms with E-state index in [1.54, 1.807) is 0 Å². The Hall–Kier alpha value is -1.80. The van der Waals surface area contributed by atoms with Crippen molar-refractivity contribution in [2.45, 2.75) is 32.7 Å². The summed E-state index contributed by atoms with van der Waals surface area (Å²) in [6, 6.07) is 16.4. The van der Waals surface area contributed by atoms with Gasteiger partial charge in [0.15, 0.2) is 0 Å². The summed E-state index contributed by atoms with van der Waals surface area (Å²) in [4.78, 5) is 0. The number of para-hydroxylation sites is 1. The number of benzene rings is 2. The Morgan fingerprint density at radius 1 is 1.00 bits per heavy atom. The highest BCUT2D eigenvalue weighted by atomic mass is 16.5. The van der Waals surface area contributed by atoms with Gasteiger partial charge in [0.05, 0.1) is 12.6 Å². The van der Waals surface area contributed by atoms with Gasteiger partial charge in [-0.1, -0.05) is 55.8 Å². The quantitative estimate of drug-likeness (QED) is 0.857.